The molecule has 3 aromatic carbocycles. The van der Waals surface area contributed by atoms with E-state index in [2.05, 4.69) is 10.6 Å². The Labute approximate surface area is 199 Å². The van der Waals surface area contributed by atoms with Gasteiger partial charge in [0.1, 0.15) is 6.04 Å². The molecule has 34 heavy (non-hydrogen) atoms. The lowest BCUT2D eigenvalue weighted by Gasteiger charge is -2.22. The summed E-state index contributed by atoms with van der Waals surface area (Å²) in [4.78, 5) is 39.0. The Bertz CT molecular complexity index is 1160. The summed E-state index contributed by atoms with van der Waals surface area (Å²) in [5.74, 6) is -0.651. The lowest BCUT2D eigenvalue weighted by atomic mass is 10.0. The number of nitrogens with one attached hydrogen (secondary N) is 2. The Hall–Kier alpha value is -4.13. The summed E-state index contributed by atoms with van der Waals surface area (Å²) in [6.45, 7) is 0.717. The maximum atomic E-state index is 13.3. The molecule has 0 spiro atoms. The van der Waals surface area contributed by atoms with Crippen LogP contribution in [0, 0.1) is 0 Å². The molecule has 0 saturated carbocycles. The maximum Gasteiger partial charge on any atom is 0.251 e. The number of amides is 3. The molecule has 1 heterocycles. The van der Waals surface area contributed by atoms with Crippen molar-refractivity contribution in [2.24, 2.45) is 5.73 Å². The summed E-state index contributed by atoms with van der Waals surface area (Å²) < 4.78 is 0. The number of primary amides is 1. The van der Waals surface area contributed by atoms with Crippen LogP contribution in [0.15, 0.2) is 78.9 Å². The molecule has 1 aliphatic heterocycles. The van der Waals surface area contributed by atoms with Crippen molar-refractivity contribution in [3.63, 3.8) is 0 Å². The van der Waals surface area contributed by atoms with E-state index in [9.17, 15) is 14.4 Å². The Morgan fingerprint density at radius 2 is 1.62 bits per heavy atom. The normalized spacial score (nSPS) is 14.7. The predicted molar refractivity (Wildman–Crippen MR) is 134 cm³/mol. The third-order valence-corrected chi connectivity index (χ3v) is 5.87. The van der Waals surface area contributed by atoms with Gasteiger partial charge in [-0.3, -0.25) is 14.4 Å². The fourth-order valence-electron chi connectivity index (χ4n) is 4.07. The molecule has 0 radical (unpaired) electrons. The summed E-state index contributed by atoms with van der Waals surface area (Å²) >= 11 is 0. The van der Waals surface area contributed by atoms with Crippen molar-refractivity contribution < 1.29 is 14.4 Å². The Balaban J connectivity index is 1.52. The summed E-state index contributed by atoms with van der Waals surface area (Å²) in [5.41, 5.74) is 8.61. The van der Waals surface area contributed by atoms with Gasteiger partial charge in [0, 0.05) is 35.6 Å². The van der Waals surface area contributed by atoms with Gasteiger partial charge in [-0.2, -0.15) is 0 Å². The van der Waals surface area contributed by atoms with Gasteiger partial charge in [-0.05, 0) is 60.9 Å². The van der Waals surface area contributed by atoms with Crippen LogP contribution in [0.25, 0.3) is 0 Å². The van der Waals surface area contributed by atoms with Gasteiger partial charge in [-0.15, -0.1) is 0 Å². The molecule has 174 valence electrons. The first-order chi connectivity index (χ1) is 16.5. The van der Waals surface area contributed by atoms with Crippen LogP contribution in [0.2, 0.25) is 0 Å². The van der Waals surface area contributed by atoms with E-state index in [4.69, 9.17) is 5.73 Å². The van der Waals surface area contributed by atoms with Crippen molar-refractivity contribution in [1.29, 1.82) is 0 Å². The molecule has 1 aliphatic rings. The first-order valence-corrected chi connectivity index (χ1v) is 11.4. The lowest BCUT2D eigenvalue weighted by Crippen LogP contribution is -2.30. The highest BCUT2D eigenvalue weighted by atomic mass is 16.2. The average molecular weight is 457 g/mol. The standard InChI is InChI=1S/C27H28N4O3/c28-26(33)20-10-7-11-22(18-20)29-25(19-8-3-1-4-9-19)27(34)30-21-13-15-23(16-14-21)31-17-6-2-5-12-24(31)32/h1,3-4,7-11,13-16,18,25,29H,2,5-6,12,17H2,(H2,28,33)(H,30,34)/t25-/m0/s1. The molecule has 0 unspecified atom stereocenters. The number of rotatable bonds is 7. The third-order valence-electron chi connectivity index (χ3n) is 5.87. The van der Waals surface area contributed by atoms with E-state index in [0.29, 0.717) is 23.4 Å². The first kappa shape index (κ1) is 23.0. The number of hydrogen-bond acceptors (Lipinski definition) is 4. The van der Waals surface area contributed by atoms with E-state index in [1.165, 1.54) is 0 Å². The van der Waals surface area contributed by atoms with Gasteiger partial charge in [0.25, 0.3) is 5.91 Å². The zero-order chi connectivity index (χ0) is 23.9. The average Bonchev–Trinajstić information content (AvgIpc) is 3.08. The van der Waals surface area contributed by atoms with Gasteiger partial charge in [-0.1, -0.05) is 42.8 Å². The molecular weight excluding hydrogens is 428 g/mol. The summed E-state index contributed by atoms with van der Waals surface area (Å²) in [5, 5.41) is 6.17. The zero-order valence-electron chi connectivity index (χ0n) is 18.9. The van der Waals surface area contributed by atoms with Crippen LogP contribution >= 0.6 is 0 Å². The molecule has 3 amide bonds. The molecule has 7 heteroatoms. The van der Waals surface area contributed by atoms with Gasteiger partial charge in [0.2, 0.25) is 11.8 Å². The van der Waals surface area contributed by atoms with Crippen LogP contribution in [0.5, 0.6) is 0 Å². The third kappa shape index (κ3) is 5.61. The predicted octanol–water partition coefficient (Wildman–Crippen LogP) is 4.48. The van der Waals surface area contributed by atoms with E-state index in [1.54, 1.807) is 36.4 Å². The highest BCUT2D eigenvalue weighted by Gasteiger charge is 2.22. The second-order valence-corrected chi connectivity index (χ2v) is 8.33. The molecule has 0 aliphatic carbocycles. The topological polar surface area (TPSA) is 105 Å². The monoisotopic (exact) mass is 456 g/mol. The fourth-order valence-corrected chi connectivity index (χ4v) is 4.07. The number of carbonyl (C=O) groups excluding carboxylic acids is 3. The summed E-state index contributed by atoms with van der Waals surface area (Å²) in [6.07, 6.45) is 3.55. The summed E-state index contributed by atoms with van der Waals surface area (Å²) in [6, 6.07) is 22.7. The lowest BCUT2D eigenvalue weighted by molar-refractivity contribution is -0.118. The second-order valence-electron chi connectivity index (χ2n) is 8.33. The van der Waals surface area contributed by atoms with Crippen molar-refractivity contribution in [1.82, 2.24) is 0 Å². The van der Waals surface area contributed by atoms with Crippen molar-refractivity contribution in [2.45, 2.75) is 31.7 Å². The van der Waals surface area contributed by atoms with Gasteiger partial charge in [0.15, 0.2) is 0 Å². The maximum absolute atomic E-state index is 13.3. The summed E-state index contributed by atoms with van der Waals surface area (Å²) in [7, 11) is 0. The molecule has 1 fully saturated rings. The molecule has 1 saturated heterocycles. The number of anilines is 3. The number of nitrogens with two attached hydrogens (primary N) is 1. The number of carbonyl (C=O) groups is 3. The van der Waals surface area contributed by atoms with E-state index in [0.717, 1.165) is 37.1 Å². The van der Waals surface area contributed by atoms with Crippen molar-refractivity contribution >= 4 is 34.8 Å². The molecule has 7 nitrogen and oxygen atoms in total. The van der Waals surface area contributed by atoms with E-state index >= 15 is 0 Å². The quantitative estimate of drug-likeness (QED) is 0.487. The molecule has 0 aromatic heterocycles. The van der Waals surface area contributed by atoms with Crippen LogP contribution in [0.4, 0.5) is 17.1 Å². The van der Waals surface area contributed by atoms with Crippen molar-refractivity contribution in [3.05, 3.63) is 90.0 Å². The number of benzene rings is 3. The van der Waals surface area contributed by atoms with Crippen LogP contribution in [0.1, 0.15) is 47.6 Å². The first-order valence-electron chi connectivity index (χ1n) is 11.4. The van der Waals surface area contributed by atoms with Gasteiger partial charge in [0.05, 0.1) is 0 Å². The molecule has 1 atom stereocenters. The van der Waals surface area contributed by atoms with Crippen LogP contribution < -0.4 is 21.3 Å². The van der Waals surface area contributed by atoms with Crippen molar-refractivity contribution in [2.75, 3.05) is 22.1 Å². The molecule has 4 rings (SSSR count). The Kier molecular flexibility index (Phi) is 7.22. The number of nitrogens with zero attached hydrogens (tertiary/aromatic N) is 1. The van der Waals surface area contributed by atoms with Gasteiger partial charge >= 0.3 is 0 Å². The fraction of sp³-hybridized carbons (Fsp3) is 0.222. The number of hydrogen-bond donors (Lipinski definition) is 3. The molecule has 0 bridgehead atoms. The SMILES string of the molecule is NC(=O)c1cccc(N[C@H](C(=O)Nc2ccc(N3CCCCCC3=O)cc2)c2ccccc2)c1. The van der Waals surface area contributed by atoms with E-state index in [1.807, 2.05) is 47.4 Å². The zero-order valence-corrected chi connectivity index (χ0v) is 18.9. The molecule has 3 aromatic rings. The Morgan fingerprint density at radius 3 is 2.35 bits per heavy atom. The second kappa shape index (κ2) is 10.7. The highest BCUT2D eigenvalue weighted by molar-refractivity contribution is 5.99. The molecular formula is C27H28N4O3. The minimum Gasteiger partial charge on any atom is -0.370 e. The highest BCUT2D eigenvalue weighted by Crippen LogP contribution is 2.25. The smallest absolute Gasteiger partial charge is 0.251 e. The van der Waals surface area contributed by atoms with E-state index in [-0.39, 0.29) is 11.8 Å². The van der Waals surface area contributed by atoms with Crippen LogP contribution in [0.3, 0.4) is 0 Å². The van der Waals surface area contributed by atoms with Gasteiger partial charge < -0.3 is 21.3 Å². The van der Waals surface area contributed by atoms with E-state index < -0.39 is 11.9 Å². The largest absolute Gasteiger partial charge is 0.370 e. The Morgan fingerprint density at radius 1 is 0.853 bits per heavy atom. The van der Waals surface area contributed by atoms with Crippen LogP contribution in [-0.2, 0) is 9.59 Å². The minimum atomic E-state index is -0.698. The van der Waals surface area contributed by atoms with Crippen LogP contribution in [-0.4, -0.2) is 24.3 Å². The minimum absolute atomic E-state index is 0.140. The molecule has 4 N–H and O–H groups in total. The van der Waals surface area contributed by atoms with Crippen molar-refractivity contribution in [3.8, 4) is 0 Å². The van der Waals surface area contributed by atoms with Gasteiger partial charge in [-0.25, -0.2) is 0 Å².